The summed E-state index contributed by atoms with van der Waals surface area (Å²) in [5, 5.41) is 2.64. The Morgan fingerprint density at radius 1 is 0.731 bits per heavy atom. The summed E-state index contributed by atoms with van der Waals surface area (Å²) in [5.41, 5.74) is 7.04. The Labute approximate surface area is 156 Å². The molecule has 0 saturated heterocycles. The number of rotatable bonds is 1. The second-order valence-corrected chi connectivity index (χ2v) is 6.57. The molecular weight excluding hydrogens is 312 g/mol. The lowest BCUT2D eigenvalue weighted by Gasteiger charge is -2.29. The van der Waals surface area contributed by atoms with Gasteiger partial charge in [0.15, 0.2) is 0 Å². The standard InChI is InChI=1S/C24H18.C2H6/c1-4-12-20-17(8-1)11-7-15-23(20)24-21-13-5-2-9-18(21)16-19-10-3-6-14-22(19)24;1-2/h1-15,18H,16H2;1-2H3. The maximum absolute atomic E-state index is 2.34. The highest BCUT2D eigenvalue weighted by atomic mass is 14.3. The quantitative estimate of drug-likeness (QED) is 0.450. The van der Waals surface area contributed by atoms with E-state index in [0.717, 1.165) is 6.42 Å². The van der Waals surface area contributed by atoms with Crippen molar-refractivity contribution in [2.24, 2.45) is 5.92 Å². The molecule has 0 nitrogen and oxygen atoms in total. The van der Waals surface area contributed by atoms with Gasteiger partial charge >= 0.3 is 0 Å². The normalized spacial score (nSPS) is 17.4. The number of hydrogen-bond donors (Lipinski definition) is 0. The van der Waals surface area contributed by atoms with Gasteiger partial charge in [-0.2, -0.15) is 0 Å². The first kappa shape index (κ1) is 16.6. The van der Waals surface area contributed by atoms with E-state index in [-0.39, 0.29) is 0 Å². The minimum Gasteiger partial charge on any atom is -0.0767 e. The SMILES string of the molecule is C1=CC2=C(c3cccc4ccccc34)c3ccccc3CC2C=C1.CC. The van der Waals surface area contributed by atoms with Crippen molar-refractivity contribution >= 4 is 16.3 Å². The van der Waals surface area contributed by atoms with Gasteiger partial charge < -0.3 is 0 Å². The van der Waals surface area contributed by atoms with Gasteiger partial charge in [-0.3, -0.25) is 0 Å². The molecule has 0 N–H and O–H groups in total. The number of hydrogen-bond acceptors (Lipinski definition) is 0. The molecule has 5 rings (SSSR count). The summed E-state index contributed by atoms with van der Waals surface area (Å²) in [6.45, 7) is 4.00. The van der Waals surface area contributed by atoms with E-state index in [1.165, 1.54) is 38.6 Å². The third-order valence-electron chi connectivity index (χ3n) is 5.20. The molecule has 0 heteroatoms. The largest absolute Gasteiger partial charge is 0.0767 e. The summed E-state index contributed by atoms with van der Waals surface area (Å²) < 4.78 is 0. The second-order valence-electron chi connectivity index (χ2n) is 6.57. The highest BCUT2D eigenvalue weighted by molar-refractivity contribution is 6.00. The van der Waals surface area contributed by atoms with Gasteiger partial charge in [-0.15, -0.1) is 0 Å². The zero-order chi connectivity index (χ0) is 17.9. The van der Waals surface area contributed by atoms with Crippen LogP contribution in [0.1, 0.15) is 30.5 Å². The molecule has 3 aromatic rings. The molecule has 0 spiro atoms. The van der Waals surface area contributed by atoms with Crippen molar-refractivity contribution in [3.8, 4) is 0 Å². The molecule has 2 aliphatic rings. The minimum atomic E-state index is 0.485. The third kappa shape index (κ3) is 2.72. The maximum Gasteiger partial charge on any atom is 0.00680 e. The molecule has 3 aromatic carbocycles. The topological polar surface area (TPSA) is 0 Å². The molecule has 2 aliphatic carbocycles. The van der Waals surface area contributed by atoms with Crippen LogP contribution in [0.25, 0.3) is 16.3 Å². The van der Waals surface area contributed by atoms with Gasteiger partial charge in [0.2, 0.25) is 0 Å². The average Bonchev–Trinajstić information content (AvgIpc) is 2.73. The van der Waals surface area contributed by atoms with E-state index in [0.29, 0.717) is 5.92 Å². The molecule has 0 heterocycles. The number of benzene rings is 3. The van der Waals surface area contributed by atoms with Crippen LogP contribution in [-0.2, 0) is 6.42 Å². The van der Waals surface area contributed by atoms with Crippen LogP contribution in [0, 0.1) is 5.92 Å². The summed E-state index contributed by atoms with van der Waals surface area (Å²) in [6, 6.07) is 24.2. The van der Waals surface area contributed by atoms with Crippen LogP contribution in [0.5, 0.6) is 0 Å². The number of fused-ring (bicyclic) bond motifs is 3. The monoisotopic (exact) mass is 336 g/mol. The van der Waals surface area contributed by atoms with Crippen molar-refractivity contribution in [3.63, 3.8) is 0 Å². The lowest BCUT2D eigenvalue weighted by atomic mass is 9.74. The molecule has 0 saturated carbocycles. The first-order chi connectivity index (χ1) is 12.9. The van der Waals surface area contributed by atoms with Crippen LogP contribution in [0.3, 0.4) is 0 Å². The van der Waals surface area contributed by atoms with Crippen LogP contribution < -0.4 is 0 Å². The van der Waals surface area contributed by atoms with E-state index in [2.05, 4.69) is 91.0 Å². The second kappa shape index (κ2) is 7.17. The fourth-order valence-corrected chi connectivity index (χ4v) is 4.11. The summed E-state index contributed by atoms with van der Waals surface area (Å²) in [4.78, 5) is 0. The predicted molar refractivity (Wildman–Crippen MR) is 113 cm³/mol. The van der Waals surface area contributed by atoms with Gasteiger partial charge in [0.05, 0.1) is 0 Å². The summed E-state index contributed by atoms with van der Waals surface area (Å²) >= 11 is 0. The van der Waals surface area contributed by atoms with Gasteiger partial charge in [-0.05, 0) is 45.0 Å². The van der Waals surface area contributed by atoms with Crippen molar-refractivity contribution < 1.29 is 0 Å². The zero-order valence-electron chi connectivity index (χ0n) is 15.4. The molecular formula is C26H24. The Kier molecular flexibility index (Phi) is 4.58. The maximum atomic E-state index is 2.34. The van der Waals surface area contributed by atoms with E-state index in [1.807, 2.05) is 13.8 Å². The molecule has 128 valence electrons. The Hall–Kier alpha value is -2.86. The molecule has 0 radical (unpaired) electrons. The van der Waals surface area contributed by atoms with Crippen molar-refractivity contribution in [3.05, 3.63) is 113 Å². The molecule has 1 atom stereocenters. The smallest absolute Gasteiger partial charge is 0.00680 e. The van der Waals surface area contributed by atoms with Crippen molar-refractivity contribution in [1.82, 2.24) is 0 Å². The lowest BCUT2D eigenvalue weighted by Crippen LogP contribution is -2.15. The van der Waals surface area contributed by atoms with E-state index < -0.39 is 0 Å². The molecule has 0 fully saturated rings. The molecule has 0 bridgehead atoms. The molecule has 0 aliphatic heterocycles. The summed E-state index contributed by atoms with van der Waals surface area (Å²) in [6.07, 6.45) is 10.1. The summed E-state index contributed by atoms with van der Waals surface area (Å²) in [5.74, 6) is 0.485. The van der Waals surface area contributed by atoms with Crippen LogP contribution in [0.2, 0.25) is 0 Å². The first-order valence-electron chi connectivity index (χ1n) is 9.57. The Morgan fingerprint density at radius 2 is 1.46 bits per heavy atom. The Bertz CT molecular complexity index is 1030. The van der Waals surface area contributed by atoms with Crippen molar-refractivity contribution in [2.75, 3.05) is 0 Å². The van der Waals surface area contributed by atoms with Gasteiger partial charge in [0.25, 0.3) is 0 Å². The van der Waals surface area contributed by atoms with E-state index in [4.69, 9.17) is 0 Å². The van der Waals surface area contributed by atoms with E-state index >= 15 is 0 Å². The van der Waals surface area contributed by atoms with Gasteiger partial charge in [0, 0.05) is 5.92 Å². The molecule has 26 heavy (non-hydrogen) atoms. The molecule has 1 unspecified atom stereocenters. The highest BCUT2D eigenvalue weighted by Crippen LogP contribution is 2.42. The average molecular weight is 336 g/mol. The first-order valence-corrected chi connectivity index (χ1v) is 9.57. The van der Waals surface area contributed by atoms with Crippen LogP contribution >= 0.6 is 0 Å². The number of allylic oxidation sites excluding steroid dienone is 5. The fraction of sp³-hybridized carbons (Fsp3) is 0.154. The third-order valence-corrected chi connectivity index (χ3v) is 5.20. The van der Waals surface area contributed by atoms with Crippen molar-refractivity contribution in [1.29, 1.82) is 0 Å². The van der Waals surface area contributed by atoms with Crippen LogP contribution in [-0.4, -0.2) is 0 Å². The fourth-order valence-electron chi connectivity index (χ4n) is 4.11. The minimum absolute atomic E-state index is 0.485. The van der Waals surface area contributed by atoms with Crippen LogP contribution in [0.15, 0.2) is 96.6 Å². The van der Waals surface area contributed by atoms with Gasteiger partial charge in [-0.25, -0.2) is 0 Å². The van der Waals surface area contributed by atoms with Gasteiger partial charge in [-0.1, -0.05) is 105 Å². The molecule has 0 aromatic heterocycles. The van der Waals surface area contributed by atoms with Crippen molar-refractivity contribution in [2.45, 2.75) is 20.3 Å². The van der Waals surface area contributed by atoms with Gasteiger partial charge in [0.1, 0.15) is 0 Å². The van der Waals surface area contributed by atoms with E-state index in [1.54, 1.807) is 0 Å². The Balaban J connectivity index is 0.000000814. The molecule has 0 amide bonds. The lowest BCUT2D eigenvalue weighted by molar-refractivity contribution is 0.754. The predicted octanol–water partition coefficient (Wildman–Crippen LogP) is 6.97. The van der Waals surface area contributed by atoms with Crippen LogP contribution in [0.4, 0.5) is 0 Å². The Morgan fingerprint density at radius 3 is 2.38 bits per heavy atom. The van der Waals surface area contributed by atoms with E-state index in [9.17, 15) is 0 Å². The summed E-state index contributed by atoms with van der Waals surface area (Å²) in [7, 11) is 0. The zero-order valence-corrected chi connectivity index (χ0v) is 15.4. The highest BCUT2D eigenvalue weighted by Gasteiger charge is 2.26.